The summed E-state index contributed by atoms with van der Waals surface area (Å²) in [5, 5.41) is 17.0. The summed E-state index contributed by atoms with van der Waals surface area (Å²) in [6, 6.07) is 13.0. The number of non-ortho nitro benzene ring substituents is 1. The molecule has 2 aliphatic rings. The van der Waals surface area contributed by atoms with Gasteiger partial charge in [-0.25, -0.2) is 5.01 Å². The number of benzene rings is 2. The molecule has 164 valence electrons. The van der Waals surface area contributed by atoms with Crippen molar-refractivity contribution in [1.29, 1.82) is 0 Å². The van der Waals surface area contributed by atoms with Crippen LogP contribution in [0.3, 0.4) is 0 Å². The van der Waals surface area contributed by atoms with Crippen LogP contribution in [0.2, 0.25) is 0 Å². The molecule has 32 heavy (non-hydrogen) atoms. The molecule has 2 aliphatic heterocycles. The molecule has 0 spiro atoms. The average molecular weight is 434 g/mol. The van der Waals surface area contributed by atoms with Crippen molar-refractivity contribution < 1.29 is 19.3 Å². The van der Waals surface area contributed by atoms with E-state index < -0.39 is 22.5 Å². The summed E-state index contributed by atoms with van der Waals surface area (Å²) >= 11 is 0. The molecule has 1 N–H and O–H groups in total. The summed E-state index contributed by atoms with van der Waals surface area (Å²) in [7, 11) is 0. The second-order valence-corrected chi connectivity index (χ2v) is 8.35. The third-order valence-corrected chi connectivity index (χ3v) is 5.94. The number of hydrazine groups is 1. The molecule has 0 radical (unpaired) electrons. The van der Waals surface area contributed by atoms with Crippen LogP contribution < -0.4 is 5.32 Å². The number of nitro groups is 1. The topological polar surface area (TPSA) is 113 Å². The van der Waals surface area contributed by atoms with E-state index in [-0.39, 0.29) is 23.3 Å². The number of Topliss-reactive ketones (excluding diaryl/α,β-unsaturated/α-hetero) is 1. The molecule has 2 atom stereocenters. The minimum Gasteiger partial charge on any atom is -0.338 e. The minimum atomic E-state index is -0.887. The molecule has 9 nitrogen and oxygen atoms in total. The van der Waals surface area contributed by atoms with Crippen LogP contribution in [0.5, 0.6) is 0 Å². The third kappa shape index (κ3) is 3.36. The number of carbonyl (C=O) groups excluding carboxylic acids is 3. The third-order valence-electron chi connectivity index (χ3n) is 5.94. The van der Waals surface area contributed by atoms with Crippen molar-refractivity contribution in [3.05, 3.63) is 87.6 Å². The zero-order valence-corrected chi connectivity index (χ0v) is 17.8. The van der Waals surface area contributed by atoms with Gasteiger partial charge >= 0.3 is 0 Å². The zero-order chi connectivity index (χ0) is 23.2. The first-order valence-electron chi connectivity index (χ1n) is 10.1. The normalized spacial score (nSPS) is 21.8. The average Bonchev–Trinajstić information content (AvgIpc) is 3.26. The standard InChI is InChI=1S/C23H22N4O5/c1-14(28)18-13-25-22(30)20(24-21(29)16-7-5-4-6-8-16)23(2,3)26(25)19(18)15-9-11-17(12-10-15)27(31)32/h4-13,19-20H,1-3H3,(H,24,29)/t19-,20-/m0/s1. The van der Waals surface area contributed by atoms with Crippen LogP contribution in [0.4, 0.5) is 5.69 Å². The molecule has 2 amide bonds. The van der Waals surface area contributed by atoms with E-state index in [1.807, 2.05) is 13.8 Å². The molecule has 2 heterocycles. The number of ketones is 1. The monoisotopic (exact) mass is 434 g/mol. The second kappa shape index (κ2) is 7.69. The number of carbonyl (C=O) groups is 3. The molecule has 2 aromatic rings. The lowest BCUT2D eigenvalue weighted by Gasteiger charge is -2.38. The second-order valence-electron chi connectivity index (χ2n) is 8.35. The van der Waals surface area contributed by atoms with Crippen LogP contribution in [0.25, 0.3) is 0 Å². The highest BCUT2D eigenvalue weighted by Crippen LogP contribution is 2.46. The van der Waals surface area contributed by atoms with Crippen molar-refractivity contribution in [3.8, 4) is 0 Å². The smallest absolute Gasteiger partial charge is 0.269 e. The van der Waals surface area contributed by atoms with E-state index in [0.717, 1.165) is 0 Å². The number of fused-ring (bicyclic) bond motifs is 1. The Hall–Kier alpha value is -3.85. The van der Waals surface area contributed by atoms with E-state index >= 15 is 0 Å². The van der Waals surface area contributed by atoms with Crippen LogP contribution in [0.1, 0.15) is 42.7 Å². The van der Waals surface area contributed by atoms with Gasteiger partial charge in [0.05, 0.1) is 16.5 Å². The van der Waals surface area contributed by atoms with Crippen molar-refractivity contribution >= 4 is 23.3 Å². The van der Waals surface area contributed by atoms with E-state index in [4.69, 9.17) is 0 Å². The van der Waals surface area contributed by atoms with Crippen molar-refractivity contribution in [2.24, 2.45) is 0 Å². The molecule has 1 fully saturated rings. The Labute approximate surface area is 184 Å². The predicted molar refractivity (Wildman–Crippen MR) is 115 cm³/mol. The molecule has 0 aromatic heterocycles. The first kappa shape index (κ1) is 21.4. The van der Waals surface area contributed by atoms with Crippen molar-refractivity contribution in [2.75, 3.05) is 0 Å². The highest BCUT2D eigenvalue weighted by Gasteiger charge is 2.58. The molecule has 1 saturated heterocycles. The highest BCUT2D eigenvalue weighted by atomic mass is 16.6. The summed E-state index contributed by atoms with van der Waals surface area (Å²) < 4.78 is 0. The van der Waals surface area contributed by atoms with Gasteiger partial charge in [-0.2, -0.15) is 5.01 Å². The lowest BCUT2D eigenvalue weighted by atomic mass is 9.89. The largest absolute Gasteiger partial charge is 0.338 e. The Morgan fingerprint density at radius 2 is 1.69 bits per heavy atom. The summed E-state index contributed by atoms with van der Waals surface area (Å²) in [4.78, 5) is 49.0. The van der Waals surface area contributed by atoms with Crippen molar-refractivity contribution in [2.45, 2.75) is 38.4 Å². The van der Waals surface area contributed by atoms with Gasteiger partial charge in [-0.1, -0.05) is 30.3 Å². The summed E-state index contributed by atoms with van der Waals surface area (Å²) in [5.41, 5.74) is 0.511. The zero-order valence-electron chi connectivity index (χ0n) is 17.8. The number of hydrogen-bond acceptors (Lipinski definition) is 6. The van der Waals surface area contributed by atoms with Gasteiger partial charge in [-0.05, 0) is 38.5 Å². The Balaban J connectivity index is 1.71. The summed E-state index contributed by atoms with van der Waals surface area (Å²) in [5.74, 6) is -0.944. The van der Waals surface area contributed by atoms with Crippen molar-refractivity contribution in [1.82, 2.24) is 15.3 Å². The first-order chi connectivity index (χ1) is 15.1. The van der Waals surface area contributed by atoms with Crippen LogP contribution in [0.15, 0.2) is 66.4 Å². The lowest BCUT2D eigenvalue weighted by Crippen LogP contribution is -2.54. The van der Waals surface area contributed by atoms with Gasteiger partial charge in [0.2, 0.25) is 0 Å². The van der Waals surface area contributed by atoms with E-state index in [1.54, 1.807) is 47.5 Å². The fraction of sp³-hybridized carbons (Fsp3) is 0.261. The summed E-state index contributed by atoms with van der Waals surface area (Å²) in [6.07, 6.45) is 1.49. The molecule has 0 unspecified atom stereocenters. The number of nitrogens with one attached hydrogen (secondary N) is 1. The van der Waals surface area contributed by atoms with Crippen LogP contribution in [0, 0.1) is 10.1 Å². The van der Waals surface area contributed by atoms with Crippen LogP contribution in [-0.2, 0) is 9.59 Å². The fourth-order valence-electron chi connectivity index (χ4n) is 4.29. The molecule has 9 heteroatoms. The van der Waals surface area contributed by atoms with Gasteiger partial charge in [0.15, 0.2) is 5.78 Å². The van der Waals surface area contributed by atoms with Gasteiger partial charge in [0, 0.05) is 29.5 Å². The SMILES string of the molecule is CC(=O)C1=CN2C(=O)[C@H](NC(=O)c3ccccc3)C(C)(C)N2[C@H]1c1ccc([N+](=O)[O-])cc1. The Kier molecular flexibility index (Phi) is 5.14. The van der Waals surface area contributed by atoms with Gasteiger partial charge in [-0.3, -0.25) is 24.5 Å². The van der Waals surface area contributed by atoms with Gasteiger partial charge in [-0.15, -0.1) is 0 Å². The maximum absolute atomic E-state index is 13.3. The van der Waals surface area contributed by atoms with E-state index in [1.165, 1.54) is 30.3 Å². The van der Waals surface area contributed by atoms with E-state index in [9.17, 15) is 24.5 Å². The summed E-state index contributed by atoms with van der Waals surface area (Å²) in [6.45, 7) is 5.05. The minimum absolute atomic E-state index is 0.0679. The Bertz CT molecular complexity index is 1140. The van der Waals surface area contributed by atoms with Crippen molar-refractivity contribution in [3.63, 3.8) is 0 Å². The molecule has 2 aromatic carbocycles. The molecular formula is C23H22N4O5. The fourth-order valence-corrected chi connectivity index (χ4v) is 4.29. The van der Waals surface area contributed by atoms with Crippen LogP contribution in [-0.4, -0.2) is 44.1 Å². The number of rotatable bonds is 5. The molecule has 4 rings (SSSR count). The number of nitro benzene ring substituents is 1. The van der Waals surface area contributed by atoms with E-state index in [2.05, 4.69) is 5.32 Å². The number of amides is 2. The lowest BCUT2D eigenvalue weighted by molar-refractivity contribution is -0.384. The van der Waals surface area contributed by atoms with Crippen LogP contribution >= 0.6 is 0 Å². The molecule has 0 saturated carbocycles. The molecule has 0 bridgehead atoms. The Morgan fingerprint density at radius 1 is 1.06 bits per heavy atom. The predicted octanol–water partition coefficient (Wildman–Crippen LogP) is 2.76. The number of nitrogens with zero attached hydrogens (tertiary/aromatic N) is 3. The first-order valence-corrected chi connectivity index (χ1v) is 10.1. The maximum Gasteiger partial charge on any atom is 0.269 e. The highest BCUT2D eigenvalue weighted by molar-refractivity contribution is 6.01. The Morgan fingerprint density at radius 3 is 2.25 bits per heavy atom. The van der Waals surface area contributed by atoms with Gasteiger partial charge < -0.3 is 5.32 Å². The quantitative estimate of drug-likeness (QED) is 0.572. The maximum atomic E-state index is 13.3. The van der Waals surface area contributed by atoms with Gasteiger partial charge in [0.1, 0.15) is 6.04 Å². The van der Waals surface area contributed by atoms with E-state index in [0.29, 0.717) is 16.7 Å². The molecular weight excluding hydrogens is 412 g/mol. The number of hydrogen-bond donors (Lipinski definition) is 1. The van der Waals surface area contributed by atoms with Gasteiger partial charge in [0.25, 0.3) is 17.5 Å². The molecule has 0 aliphatic carbocycles.